The van der Waals surface area contributed by atoms with Crippen LogP contribution in [-0.4, -0.2) is 41.9 Å². The summed E-state index contributed by atoms with van der Waals surface area (Å²) in [5.41, 5.74) is 8.63. The summed E-state index contributed by atoms with van der Waals surface area (Å²) in [5.74, 6) is 1.23. The van der Waals surface area contributed by atoms with E-state index in [1.807, 2.05) is 12.4 Å². The predicted molar refractivity (Wildman–Crippen MR) is 106 cm³/mol. The van der Waals surface area contributed by atoms with Gasteiger partial charge in [0.05, 0.1) is 17.8 Å². The second-order valence-electron chi connectivity index (χ2n) is 8.57. The largest absolute Gasteiger partial charge is 0.337 e. The lowest BCUT2D eigenvalue weighted by molar-refractivity contribution is 0.201. The van der Waals surface area contributed by atoms with Crippen molar-refractivity contribution in [2.75, 3.05) is 11.9 Å². The minimum atomic E-state index is -0.0414. The van der Waals surface area contributed by atoms with Gasteiger partial charge in [0.1, 0.15) is 5.82 Å². The molecule has 0 radical (unpaired) electrons. The molecule has 2 aliphatic carbocycles. The molecule has 2 aliphatic heterocycles. The van der Waals surface area contributed by atoms with Crippen LogP contribution in [0.15, 0.2) is 16.1 Å². The van der Waals surface area contributed by atoms with Gasteiger partial charge in [0.2, 0.25) is 0 Å². The van der Waals surface area contributed by atoms with Gasteiger partial charge in [-0.3, -0.25) is 15.3 Å². The lowest BCUT2D eigenvalue weighted by atomic mass is 9.80. The summed E-state index contributed by atoms with van der Waals surface area (Å²) in [6, 6.07) is 3.12. The van der Waals surface area contributed by atoms with Gasteiger partial charge in [0.25, 0.3) is 0 Å². The monoisotopic (exact) mass is 354 g/mol. The highest BCUT2D eigenvalue weighted by atomic mass is 15.3. The van der Waals surface area contributed by atoms with Crippen molar-refractivity contribution in [2.24, 2.45) is 15.7 Å². The van der Waals surface area contributed by atoms with Gasteiger partial charge in [-0.2, -0.15) is 0 Å². The van der Waals surface area contributed by atoms with E-state index >= 15 is 0 Å². The smallest absolute Gasteiger partial charge is 0.175 e. The Labute approximate surface area is 155 Å². The van der Waals surface area contributed by atoms with Gasteiger partial charge in [-0.25, -0.2) is 0 Å². The molecule has 6 nitrogen and oxygen atoms in total. The highest BCUT2D eigenvalue weighted by molar-refractivity contribution is 5.94. The molecule has 140 valence electrons. The molecule has 0 aromatic carbocycles. The summed E-state index contributed by atoms with van der Waals surface area (Å²) in [5, 5.41) is 7.39. The molecule has 0 amide bonds. The van der Waals surface area contributed by atoms with Crippen molar-refractivity contribution < 1.29 is 0 Å². The number of nitrogens with two attached hydrogens (primary N) is 1. The summed E-state index contributed by atoms with van der Waals surface area (Å²) >= 11 is 0. The summed E-state index contributed by atoms with van der Waals surface area (Å²) in [6.07, 6.45) is 15.0. The first-order valence-corrected chi connectivity index (χ1v) is 10.3. The highest BCUT2D eigenvalue weighted by Crippen LogP contribution is 2.42. The maximum Gasteiger partial charge on any atom is 0.175 e. The van der Waals surface area contributed by atoms with Crippen molar-refractivity contribution in [1.82, 2.24) is 9.88 Å². The Morgan fingerprint density at radius 2 is 1.92 bits per heavy atom. The van der Waals surface area contributed by atoms with Crippen LogP contribution < -0.4 is 16.4 Å². The van der Waals surface area contributed by atoms with Gasteiger partial charge in [0, 0.05) is 30.1 Å². The second-order valence-corrected chi connectivity index (χ2v) is 8.57. The highest BCUT2D eigenvalue weighted by Gasteiger charge is 2.39. The summed E-state index contributed by atoms with van der Waals surface area (Å²) in [4.78, 5) is 9.44. The first kappa shape index (κ1) is 16.5. The fourth-order valence-corrected chi connectivity index (χ4v) is 5.29. The molecule has 2 fully saturated rings. The summed E-state index contributed by atoms with van der Waals surface area (Å²) in [7, 11) is 0. The molecule has 4 N–H and O–H groups in total. The van der Waals surface area contributed by atoms with Crippen molar-refractivity contribution in [3.8, 4) is 0 Å². The molecule has 3 heterocycles. The number of nitrogens with one attached hydrogen (secondary N) is 2. The Hall–Kier alpha value is -1.66. The van der Waals surface area contributed by atoms with Gasteiger partial charge in [-0.15, -0.1) is 0 Å². The third-order valence-corrected chi connectivity index (χ3v) is 6.73. The van der Waals surface area contributed by atoms with E-state index in [2.05, 4.69) is 21.3 Å². The molecule has 6 heteroatoms. The van der Waals surface area contributed by atoms with Crippen LogP contribution >= 0.6 is 0 Å². The van der Waals surface area contributed by atoms with Crippen molar-refractivity contribution in [2.45, 2.75) is 81.7 Å². The van der Waals surface area contributed by atoms with Gasteiger partial charge >= 0.3 is 0 Å². The molecule has 0 bridgehead atoms. The van der Waals surface area contributed by atoms with Crippen LogP contribution in [0.5, 0.6) is 0 Å². The van der Waals surface area contributed by atoms with Gasteiger partial charge in [0.15, 0.2) is 6.29 Å². The van der Waals surface area contributed by atoms with Crippen LogP contribution in [0.3, 0.4) is 0 Å². The summed E-state index contributed by atoms with van der Waals surface area (Å²) < 4.78 is 2.55. The molecule has 5 rings (SSSR count). The van der Waals surface area contributed by atoms with Crippen LogP contribution in [0.25, 0.3) is 0 Å². The maximum absolute atomic E-state index is 6.05. The molecule has 1 aromatic heterocycles. The molecule has 0 saturated heterocycles. The van der Waals surface area contributed by atoms with E-state index in [0.717, 1.165) is 32.2 Å². The van der Waals surface area contributed by atoms with E-state index < -0.39 is 0 Å². The normalized spacial score (nSPS) is 32.1. The van der Waals surface area contributed by atoms with E-state index in [1.165, 1.54) is 49.2 Å². The average Bonchev–Trinajstić information content (AvgIpc) is 3.04. The Bertz CT molecular complexity index is 719. The standard InChI is InChI=1S/C20H30N6/c21-15-4-6-16(7-5-15)24-19-23-11-14-10-17-12-22-13-20(8-2-1-3-9-20)26(17)18(14)25-19/h10-12,15-16,19,24-25H,1-9,13,21H2. The zero-order valence-electron chi connectivity index (χ0n) is 15.5. The van der Waals surface area contributed by atoms with Gasteiger partial charge < -0.3 is 15.6 Å². The van der Waals surface area contributed by atoms with Crippen LogP contribution in [0.4, 0.5) is 5.82 Å². The van der Waals surface area contributed by atoms with E-state index in [1.54, 1.807) is 0 Å². The van der Waals surface area contributed by atoms with E-state index in [9.17, 15) is 0 Å². The average molecular weight is 355 g/mol. The predicted octanol–water partition coefficient (Wildman–Crippen LogP) is 2.57. The van der Waals surface area contributed by atoms with Crippen LogP contribution in [0, 0.1) is 0 Å². The quantitative estimate of drug-likeness (QED) is 0.764. The van der Waals surface area contributed by atoms with Crippen molar-refractivity contribution in [1.29, 1.82) is 0 Å². The fraction of sp³-hybridized carbons (Fsp3) is 0.700. The maximum atomic E-state index is 6.05. The minimum absolute atomic E-state index is 0.0414. The topological polar surface area (TPSA) is 79.7 Å². The third kappa shape index (κ3) is 2.79. The Morgan fingerprint density at radius 3 is 2.73 bits per heavy atom. The number of hydrogen-bond donors (Lipinski definition) is 3. The first-order chi connectivity index (χ1) is 12.7. The number of hydrogen-bond acceptors (Lipinski definition) is 5. The number of nitrogens with zero attached hydrogens (tertiary/aromatic N) is 3. The number of fused-ring (bicyclic) bond motifs is 4. The lowest BCUT2D eigenvalue weighted by Crippen LogP contribution is -2.48. The summed E-state index contributed by atoms with van der Waals surface area (Å²) in [6.45, 7) is 0.915. The zero-order valence-corrected chi connectivity index (χ0v) is 15.5. The number of aliphatic imine (C=N–C) groups is 2. The number of anilines is 1. The van der Waals surface area contributed by atoms with Crippen LogP contribution in [0.2, 0.25) is 0 Å². The molecule has 1 aromatic rings. The Balaban J connectivity index is 1.39. The van der Waals surface area contributed by atoms with E-state index in [4.69, 9.17) is 15.7 Å². The minimum Gasteiger partial charge on any atom is -0.337 e. The number of rotatable bonds is 2. The van der Waals surface area contributed by atoms with E-state index in [0.29, 0.717) is 12.1 Å². The fourth-order valence-electron chi connectivity index (χ4n) is 5.29. The van der Waals surface area contributed by atoms with Gasteiger partial charge in [-0.05, 0) is 44.6 Å². The third-order valence-electron chi connectivity index (χ3n) is 6.73. The molecule has 4 aliphatic rings. The first-order valence-electron chi connectivity index (χ1n) is 10.3. The molecular weight excluding hydrogens is 324 g/mol. The molecule has 1 atom stereocenters. The Kier molecular flexibility index (Phi) is 4.13. The van der Waals surface area contributed by atoms with Crippen molar-refractivity contribution >= 4 is 18.2 Å². The van der Waals surface area contributed by atoms with Crippen molar-refractivity contribution in [3.05, 3.63) is 17.3 Å². The van der Waals surface area contributed by atoms with Gasteiger partial charge in [-0.1, -0.05) is 19.3 Å². The molecule has 2 saturated carbocycles. The van der Waals surface area contributed by atoms with Crippen LogP contribution in [0.1, 0.15) is 69.0 Å². The lowest BCUT2D eigenvalue weighted by Gasteiger charge is -2.42. The van der Waals surface area contributed by atoms with E-state index in [-0.39, 0.29) is 11.8 Å². The molecule has 1 unspecified atom stereocenters. The SMILES string of the molecule is NC1CCC(NC2N=Cc3cc4n(c3N2)C2(CCCCC2)CN=C4)CC1. The Morgan fingerprint density at radius 1 is 1.12 bits per heavy atom. The van der Waals surface area contributed by atoms with Crippen LogP contribution in [-0.2, 0) is 5.54 Å². The number of aromatic nitrogens is 1. The van der Waals surface area contributed by atoms with Crippen molar-refractivity contribution in [3.63, 3.8) is 0 Å². The molecule has 1 spiro atoms. The zero-order chi connectivity index (χ0) is 17.6. The second kappa shape index (κ2) is 6.50. The molecular formula is C20H30N6. The molecule has 26 heavy (non-hydrogen) atoms.